The molecule has 0 spiro atoms. The normalized spacial score (nSPS) is 16.0. The second-order valence-corrected chi connectivity index (χ2v) is 5.27. The molecule has 1 rings (SSSR count). The SMILES string of the molecule is CCc1cccc(C(CC)CC(O)(C=N)C(F)(F)F)c1OC. The summed E-state index contributed by atoms with van der Waals surface area (Å²) in [6.07, 6.45) is -4.30. The molecule has 0 saturated heterocycles. The minimum atomic E-state index is -4.88. The first kappa shape index (κ1) is 18.5. The Balaban J connectivity index is 3.25. The smallest absolute Gasteiger partial charge is 0.422 e. The molecule has 0 aliphatic rings. The first-order chi connectivity index (χ1) is 10.2. The number of rotatable bonds is 7. The van der Waals surface area contributed by atoms with Crippen LogP contribution in [0.4, 0.5) is 13.2 Å². The zero-order valence-corrected chi connectivity index (χ0v) is 13.0. The van der Waals surface area contributed by atoms with E-state index in [9.17, 15) is 18.3 Å². The van der Waals surface area contributed by atoms with E-state index in [4.69, 9.17) is 10.1 Å². The van der Waals surface area contributed by atoms with E-state index >= 15 is 0 Å². The van der Waals surface area contributed by atoms with Crippen molar-refractivity contribution < 1.29 is 23.0 Å². The molecule has 0 heterocycles. The van der Waals surface area contributed by atoms with E-state index in [1.807, 2.05) is 13.0 Å². The number of methoxy groups -OCH3 is 1. The van der Waals surface area contributed by atoms with Crippen LogP contribution in [0.25, 0.3) is 0 Å². The van der Waals surface area contributed by atoms with E-state index in [-0.39, 0.29) is 6.21 Å². The van der Waals surface area contributed by atoms with Crippen molar-refractivity contribution in [2.75, 3.05) is 7.11 Å². The highest BCUT2D eigenvalue weighted by atomic mass is 19.4. The van der Waals surface area contributed by atoms with Gasteiger partial charge in [-0.3, -0.25) is 0 Å². The summed E-state index contributed by atoms with van der Waals surface area (Å²) in [5.41, 5.74) is -1.58. The number of nitrogens with one attached hydrogen (secondary N) is 1. The van der Waals surface area contributed by atoms with Gasteiger partial charge in [0.2, 0.25) is 0 Å². The third-order valence-electron chi connectivity index (χ3n) is 3.93. The Morgan fingerprint density at radius 1 is 1.32 bits per heavy atom. The summed E-state index contributed by atoms with van der Waals surface area (Å²) in [6.45, 7) is 3.69. The molecule has 0 radical (unpaired) electrons. The van der Waals surface area contributed by atoms with Crippen LogP contribution in [0.1, 0.15) is 43.7 Å². The molecule has 2 atom stereocenters. The van der Waals surface area contributed by atoms with Crippen molar-refractivity contribution in [3.05, 3.63) is 29.3 Å². The highest BCUT2D eigenvalue weighted by molar-refractivity contribution is 5.66. The van der Waals surface area contributed by atoms with E-state index in [1.54, 1.807) is 19.1 Å². The molecule has 1 aromatic carbocycles. The van der Waals surface area contributed by atoms with Gasteiger partial charge < -0.3 is 15.3 Å². The van der Waals surface area contributed by atoms with Gasteiger partial charge >= 0.3 is 6.18 Å². The topological polar surface area (TPSA) is 53.3 Å². The molecule has 0 fully saturated rings. The van der Waals surface area contributed by atoms with Crippen molar-refractivity contribution in [1.29, 1.82) is 5.41 Å². The van der Waals surface area contributed by atoms with E-state index in [1.165, 1.54) is 7.11 Å². The van der Waals surface area contributed by atoms with Gasteiger partial charge in [0, 0.05) is 6.21 Å². The second kappa shape index (κ2) is 7.13. The standard InChI is InChI=1S/C16H22F3NO2/c1-4-11-7-6-8-13(14(11)22-3)12(5-2)9-15(21,10-20)16(17,18)19/h6-8,10,12,20-21H,4-5,9H2,1-3H3. The van der Waals surface area contributed by atoms with Crippen LogP contribution >= 0.6 is 0 Å². The lowest BCUT2D eigenvalue weighted by Crippen LogP contribution is -2.47. The lowest BCUT2D eigenvalue weighted by atomic mass is 9.83. The minimum absolute atomic E-state index is 0.0752. The van der Waals surface area contributed by atoms with Crippen LogP contribution in [-0.2, 0) is 6.42 Å². The number of aryl methyl sites for hydroxylation is 1. The predicted molar refractivity (Wildman–Crippen MR) is 79.8 cm³/mol. The molecular weight excluding hydrogens is 295 g/mol. The van der Waals surface area contributed by atoms with Gasteiger partial charge in [-0.2, -0.15) is 13.2 Å². The second-order valence-electron chi connectivity index (χ2n) is 5.27. The fourth-order valence-electron chi connectivity index (χ4n) is 2.56. The molecule has 0 saturated carbocycles. The predicted octanol–water partition coefficient (Wildman–Crippen LogP) is 4.08. The summed E-state index contributed by atoms with van der Waals surface area (Å²) in [4.78, 5) is 0. The number of alkyl halides is 3. The quantitative estimate of drug-likeness (QED) is 0.744. The average Bonchev–Trinajstić information content (AvgIpc) is 2.50. The van der Waals surface area contributed by atoms with Gasteiger partial charge in [0.25, 0.3) is 0 Å². The summed E-state index contributed by atoms with van der Waals surface area (Å²) in [6, 6.07) is 5.35. The van der Waals surface area contributed by atoms with Gasteiger partial charge in [-0.05, 0) is 36.3 Å². The molecule has 1 aromatic rings. The fraction of sp³-hybridized carbons (Fsp3) is 0.562. The Morgan fingerprint density at radius 3 is 2.36 bits per heavy atom. The Labute approximate surface area is 128 Å². The lowest BCUT2D eigenvalue weighted by Gasteiger charge is -2.31. The summed E-state index contributed by atoms with van der Waals surface area (Å²) in [7, 11) is 1.48. The van der Waals surface area contributed by atoms with Crippen LogP contribution in [0.5, 0.6) is 5.75 Å². The number of benzene rings is 1. The number of hydrogen-bond acceptors (Lipinski definition) is 3. The van der Waals surface area contributed by atoms with E-state index in [2.05, 4.69) is 0 Å². The monoisotopic (exact) mass is 317 g/mol. The third kappa shape index (κ3) is 3.61. The molecule has 2 unspecified atom stereocenters. The minimum Gasteiger partial charge on any atom is -0.496 e. The van der Waals surface area contributed by atoms with Gasteiger partial charge in [0.15, 0.2) is 5.60 Å². The van der Waals surface area contributed by atoms with Crippen molar-refractivity contribution >= 4 is 6.21 Å². The van der Waals surface area contributed by atoms with Crippen LogP contribution < -0.4 is 4.74 Å². The summed E-state index contributed by atoms with van der Waals surface area (Å²) >= 11 is 0. The van der Waals surface area contributed by atoms with Crippen molar-refractivity contribution in [3.8, 4) is 5.75 Å². The molecule has 124 valence electrons. The van der Waals surface area contributed by atoms with Gasteiger partial charge in [-0.25, -0.2) is 0 Å². The van der Waals surface area contributed by atoms with E-state index in [0.717, 1.165) is 5.56 Å². The van der Waals surface area contributed by atoms with Crippen LogP contribution in [-0.4, -0.2) is 30.2 Å². The molecule has 3 nitrogen and oxygen atoms in total. The molecule has 6 heteroatoms. The van der Waals surface area contributed by atoms with Crippen molar-refractivity contribution in [2.24, 2.45) is 0 Å². The third-order valence-corrected chi connectivity index (χ3v) is 3.93. The molecule has 0 aliphatic heterocycles. The highest BCUT2D eigenvalue weighted by Crippen LogP contribution is 2.41. The highest BCUT2D eigenvalue weighted by Gasteiger charge is 2.53. The number of halogens is 3. The summed E-state index contributed by atoms with van der Waals surface area (Å²) in [5.74, 6) is 0.000954. The van der Waals surface area contributed by atoms with Gasteiger partial charge in [-0.15, -0.1) is 0 Å². The molecular formula is C16H22F3NO2. The zero-order valence-electron chi connectivity index (χ0n) is 13.0. The number of ether oxygens (including phenoxy) is 1. The van der Waals surface area contributed by atoms with Crippen LogP contribution in [0, 0.1) is 5.41 Å². The van der Waals surface area contributed by atoms with Crippen molar-refractivity contribution in [3.63, 3.8) is 0 Å². The molecule has 2 N–H and O–H groups in total. The Morgan fingerprint density at radius 2 is 1.95 bits per heavy atom. The Hall–Kier alpha value is -1.56. The lowest BCUT2D eigenvalue weighted by molar-refractivity contribution is -0.232. The molecule has 0 aromatic heterocycles. The first-order valence-corrected chi connectivity index (χ1v) is 7.20. The summed E-state index contributed by atoms with van der Waals surface area (Å²) < 4.78 is 44.4. The van der Waals surface area contributed by atoms with E-state index < -0.39 is 24.1 Å². The number of para-hydroxylation sites is 1. The van der Waals surface area contributed by atoms with Gasteiger partial charge in [0.1, 0.15) is 5.75 Å². The fourth-order valence-corrected chi connectivity index (χ4v) is 2.56. The largest absolute Gasteiger partial charge is 0.496 e. The molecule has 0 amide bonds. The van der Waals surface area contributed by atoms with Crippen LogP contribution in [0.15, 0.2) is 18.2 Å². The maximum absolute atomic E-state index is 13.0. The Bertz CT molecular complexity index is 517. The zero-order chi connectivity index (χ0) is 17.0. The first-order valence-electron chi connectivity index (χ1n) is 7.20. The number of aliphatic hydroxyl groups is 1. The number of hydrogen-bond donors (Lipinski definition) is 2. The van der Waals surface area contributed by atoms with Gasteiger partial charge in [-0.1, -0.05) is 32.0 Å². The maximum Gasteiger partial charge on any atom is 0.422 e. The summed E-state index contributed by atoms with van der Waals surface area (Å²) in [5, 5.41) is 16.8. The van der Waals surface area contributed by atoms with E-state index in [0.29, 0.717) is 24.2 Å². The maximum atomic E-state index is 13.0. The van der Waals surface area contributed by atoms with Gasteiger partial charge in [0.05, 0.1) is 7.11 Å². The van der Waals surface area contributed by atoms with Crippen molar-refractivity contribution in [1.82, 2.24) is 0 Å². The van der Waals surface area contributed by atoms with Crippen molar-refractivity contribution in [2.45, 2.75) is 50.8 Å². The average molecular weight is 317 g/mol. The van der Waals surface area contributed by atoms with Crippen LogP contribution in [0.3, 0.4) is 0 Å². The Kier molecular flexibility index (Phi) is 6.00. The van der Waals surface area contributed by atoms with Crippen LogP contribution in [0.2, 0.25) is 0 Å². The molecule has 0 aliphatic carbocycles. The molecule has 22 heavy (non-hydrogen) atoms. The molecule has 0 bridgehead atoms.